The van der Waals surface area contributed by atoms with Gasteiger partial charge < -0.3 is 10.0 Å². The molecule has 3 heteroatoms. The van der Waals surface area contributed by atoms with Crippen LogP contribution < -0.4 is 0 Å². The molecule has 3 N–H and O–H groups in total. The fraction of sp³-hybridized carbons (Fsp3) is 0.500. The molecule has 0 aromatic heterocycles. The van der Waals surface area contributed by atoms with Gasteiger partial charge in [0.25, 0.3) is 0 Å². The van der Waals surface area contributed by atoms with Crippen molar-refractivity contribution in [3.63, 3.8) is 0 Å². The predicted molar refractivity (Wildman–Crippen MR) is 26.9 cm³/mol. The molecule has 1 atom stereocenters. The fourth-order valence-electron chi connectivity index (χ4n) is 0. The Morgan fingerprint density at radius 2 is 1.80 bits per heavy atom. The second-order valence-corrected chi connectivity index (χ2v) is 1.80. The molecule has 0 heterocycles. The van der Waals surface area contributed by atoms with E-state index in [1.54, 1.807) is 6.26 Å². The quantitative estimate of drug-likeness (QED) is 0.423. The van der Waals surface area contributed by atoms with Crippen LogP contribution in [-0.2, 0) is 0 Å². The topological polar surface area (TPSA) is 51.7 Å². The fourth-order valence-corrected chi connectivity index (χ4v) is 0. The Morgan fingerprint density at radius 3 is 1.80 bits per heavy atom. The number of rotatable bonds is 0. The van der Waals surface area contributed by atoms with Crippen LogP contribution in [0, 0.1) is 0 Å². The van der Waals surface area contributed by atoms with Gasteiger partial charge in [-0.1, -0.05) is 16.6 Å². The zero-order valence-electron chi connectivity index (χ0n) is 3.06. The van der Waals surface area contributed by atoms with Crippen molar-refractivity contribution in [3.05, 3.63) is 0 Å². The molecule has 0 fully saturated rings. The highest BCUT2D eigenvalue weighted by Crippen LogP contribution is 1.84. The number of hydrogen-bond donors (Lipinski definition) is 1. The lowest BCUT2D eigenvalue weighted by Gasteiger charge is -1.70. The van der Waals surface area contributed by atoms with Crippen LogP contribution in [0.1, 0.15) is 0 Å². The van der Waals surface area contributed by atoms with Crippen molar-refractivity contribution < 1.29 is 10.0 Å². The van der Waals surface area contributed by atoms with E-state index in [-0.39, 0.29) is 5.48 Å². The average Bonchev–Trinajstić information content (AvgIpc) is 0.811. The monoisotopic (exact) mass is 96.0 g/mol. The van der Waals surface area contributed by atoms with E-state index in [1.165, 1.54) is 0 Å². The van der Waals surface area contributed by atoms with Crippen LogP contribution in [0.5, 0.6) is 0 Å². The van der Waals surface area contributed by atoms with Crippen molar-refractivity contribution in [2.45, 2.75) is 0 Å². The Morgan fingerprint density at radius 1 is 1.80 bits per heavy atom. The number of hydrogen-bond acceptors (Lipinski definition) is 1. The molecule has 0 saturated carbocycles. The minimum Gasteiger partial charge on any atom is -0.412 e. The maximum atomic E-state index is 7.97. The summed E-state index contributed by atoms with van der Waals surface area (Å²) >= 11 is 0. The van der Waals surface area contributed by atoms with Crippen molar-refractivity contribution in [2.24, 2.45) is 0 Å². The summed E-state index contributed by atoms with van der Waals surface area (Å²) in [6, 6.07) is 0. The lowest BCUT2D eigenvalue weighted by Crippen LogP contribution is -1.45. The molecule has 0 aliphatic rings. The second kappa shape index (κ2) is 4.14. The van der Waals surface area contributed by atoms with Crippen molar-refractivity contribution in [1.29, 1.82) is 0 Å². The largest absolute Gasteiger partial charge is 0.412 e. The van der Waals surface area contributed by atoms with Crippen LogP contribution in [0.15, 0.2) is 0 Å². The SMILES string of the molecule is C=S(C)O.O. The third-order valence-corrected chi connectivity index (χ3v) is 0. The Labute approximate surface area is 33.9 Å². The van der Waals surface area contributed by atoms with E-state index in [0.717, 1.165) is 0 Å². The van der Waals surface area contributed by atoms with Crippen molar-refractivity contribution in [3.8, 4) is 0 Å². The first-order chi connectivity index (χ1) is 1.73. The third-order valence-electron chi connectivity index (χ3n) is 0. The molecule has 0 radical (unpaired) electrons. The zero-order valence-corrected chi connectivity index (χ0v) is 3.88. The van der Waals surface area contributed by atoms with Gasteiger partial charge in [0, 0.05) is 6.26 Å². The molecule has 5 heavy (non-hydrogen) atoms. The molecule has 0 aromatic rings. The first-order valence-corrected chi connectivity index (χ1v) is 2.64. The summed E-state index contributed by atoms with van der Waals surface area (Å²) < 4.78 is 7.97. The lowest BCUT2D eigenvalue weighted by molar-refractivity contribution is 0.666. The van der Waals surface area contributed by atoms with Crippen LogP contribution in [0.3, 0.4) is 0 Å². The highest BCUT2D eigenvalue weighted by Gasteiger charge is 1.48. The van der Waals surface area contributed by atoms with E-state index in [4.69, 9.17) is 4.55 Å². The summed E-state index contributed by atoms with van der Waals surface area (Å²) in [7, 11) is -0.611. The summed E-state index contributed by atoms with van der Waals surface area (Å²) in [5.41, 5.74) is 0. The molecule has 34 valence electrons. The maximum Gasteiger partial charge on any atom is 0.0000796 e. The highest BCUT2D eigenvalue weighted by molar-refractivity contribution is 8.08. The van der Waals surface area contributed by atoms with E-state index in [9.17, 15) is 0 Å². The van der Waals surface area contributed by atoms with Gasteiger partial charge in [0.05, 0.1) is 0 Å². The summed E-state index contributed by atoms with van der Waals surface area (Å²) in [4.78, 5) is 0. The molecule has 2 nitrogen and oxygen atoms in total. The molecule has 0 aliphatic heterocycles. The molecular formula is C2H8O2S. The van der Waals surface area contributed by atoms with Gasteiger partial charge in [-0.2, -0.15) is 0 Å². The molecule has 1 unspecified atom stereocenters. The Kier molecular flexibility index (Phi) is 7.40. The highest BCUT2D eigenvalue weighted by atomic mass is 32.2. The van der Waals surface area contributed by atoms with Gasteiger partial charge >= 0.3 is 0 Å². The minimum absolute atomic E-state index is 0. The smallest absolute Gasteiger partial charge is 0.0000796 e. The van der Waals surface area contributed by atoms with Crippen LogP contribution in [0.25, 0.3) is 0 Å². The first kappa shape index (κ1) is 8.94. The predicted octanol–water partition coefficient (Wildman–Crippen LogP) is -0.0346. The van der Waals surface area contributed by atoms with Gasteiger partial charge in [0.1, 0.15) is 0 Å². The molecule has 0 spiro atoms. The summed E-state index contributed by atoms with van der Waals surface area (Å²) in [5.74, 6) is 3.22. The van der Waals surface area contributed by atoms with E-state index in [0.29, 0.717) is 0 Å². The third kappa shape index (κ3) is 967. The minimum atomic E-state index is -0.611. The molecule has 0 aromatic carbocycles. The second-order valence-electron chi connectivity index (χ2n) is 0.600. The van der Waals surface area contributed by atoms with Gasteiger partial charge in [0.2, 0.25) is 0 Å². The molecule has 0 amide bonds. The van der Waals surface area contributed by atoms with E-state index in [2.05, 4.69) is 5.87 Å². The Balaban J connectivity index is 0. The Hall–Kier alpha value is 0.140. The van der Waals surface area contributed by atoms with Crippen molar-refractivity contribution in [2.75, 3.05) is 6.26 Å². The first-order valence-electron chi connectivity index (χ1n) is 0.879. The Bertz CT molecular complexity index is 30.6. The molecule has 0 rings (SSSR count). The van der Waals surface area contributed by atoms with Crippen LogP contribution in [0.4, 0.5) is 0 Å². The molecule has 0 bridgehead atoms. The average molecular weight is 96.2 g/mol. The van der Waals surface area contributed by atoms with Crippen molar-refractivity contribution >= 4 is 16.6 Å². The van der Waals surface area contributed by atoms with E-state index in [1.807, 2.05) is 0 Å². The van der Waals surface area contributed by atoms with Crippen LogP contribution in [-0.4, -0.2) is 22.2 Å². The normalized spacial score (nSPS) is 12.4. The maximum absolute atomic E-state index is 7.97. The van der Waals surface area contributed by atoms with E-state index < -0.39 is 10.8 Å². The van der Waals surface area contributed by atoms with Gasteiger partial charge in [-0.25, -0.2) is 0 Å². The lowest BCUT2D eigenvalue weighted by atomic mass is 11.9. The zero-order chi connectivity index (χ0) is 3.58. The van der Waals surface area contributed by atoms with Gasteiger partial charge in [-0.3, -0.25) is 0 Å². The molecule has 0 saturated heterocycles. The molecule has 0 aliphatic carbocycles. The van der Waals surface area contributed by atoms with Crippen molar-refractivity contribution in [1.82, 2.24) is 0 Å². The van der Waals surface area contributed by atoms with Gasteiger partial charge in [-0.15, -0.1) is 0 Å². The summed E-state index contributed by atoms with van der Waals surface area (Å²) in [5, 5.41) is 0. The molecular weight excluding hydrogens is 88.1 g/mol. The summed E-state index contributed by atoms with van der Waals surface area (Å²) in [6.45, 7) is 0. The van der Waals surface area contributed by atoms with Crippen LogP contribution >= 0.6 is 10.8 Å². The van der Waals surface area contributed by atoms with E-state index >= 15 is 0 Å². The van der Waals surface area contributed by atoms with Gasteiger partial charge in [0.15, 0.2) is 0 Å². The van der Waals surface area contributed by atoms with Crippen LogP contribution in [0.2, 0.25) is 0 Å². The van der Waals surface area contributed by atoms with Gasteiger partial charge in [-0.05, 0) is 0 Å². The standard InChI is InChI=1S/C2H6OS.H2O/c1-4(2)3;/h3H,1H2,2H3;1H2. The summed E-state index contributed by atoms with van der Waals surface area (Å²) in [6.07, 6.45) is 1.64.